The Balaban J connectivity index is 2.31. The number of aryl methyl sites for hydroxylation is 1. The summed E-state index contributed by atoms with van der Waals surface area (Å²) in [6, 6.07) is 16.5. The molecule has 22 heavy (non-hydrogen) atoms. The van der Waals surface area contributed by atoms with Crippen LogP contribution in [-0.2, 0) is 10.0 Å². The molecule has 4 nitrogen and oxygen atoms in total. The first-order valence-electron chi connectivity index (χ1n) is 6.65. The van der Waals surface area contributed by atoms with E-state index in [1.165, 1.54) is 7.05 Å². The van der Waals surface area contributed by atoms with Crippen molar-refractivity contribution in [2.24, 2.45) is 0 Å². The third-order valence-corrected chi connectivity index (χ3v) is 4.81. The van der Waals surface area contributed by atoms with Gasteiger partial charge < -0.3 is 4.74 Å². The lowest BCUT2D eigenvalue weighted by Gasteiger charge is -2.12. The molecule has 0 N–H and O–H groups in total. The van der Waals surface area contributed by atoms with Crippen molar-refractivity contribution >= 4 is 10.0 Å². The summed E-state index contributed by atoms with van der Waals surface area (Å²) < 4.78 is 31.0. The molecule has 0 heterocycles. The van der Waals surface area contributed by atoms with E-state index >= 15 is 0 Å². The maximum Gasteiger partial charge on any atom is 0.270 e. The van der Waals surface area contributed by atoms with Crippen LogP contribution in [0.15, 0.2) is 53.4 Å². The standard InChI is InChI=1S/C17H17NO3S/c1-14-8-10-16(11-9-14)22(19,20)18(2)13-12-15-6-4-5-7-17(15)21-3/h4-11H,1-3H3. The van der Waals surface area contributed by atoms with Crippen LogP contribution in [0.1, 0.15) is 11.1 Å². The van der Waals surface area contributed by atoms with Gasteiger partial charge in [0.05, 0.1) is 17.6 Å². The lowest BCUT2D eigenvalue weighted by molar-refractivity contribution is 0.413. The van der Waals surface area contributed by atoms with Gasteiger partial charge in [0.25, 0.3) is 10.0 Å². The summed E-state index contributed by atoms with van der Waals surface area (Å²) in [6.07, 6.45) is 0. The second kappa shape index (κ2) is 6.54. The second-order valence-electron chi connectivity index (χ2n) is 4.72. The highest BCUT2D eigenvalue weighted by molar-refractivity contribution is 7.89. The van der Waals surface area contributed by atoms with E-state index in [1.54, 1.807) is 43.5 Å². The van der Waals surface area contributed by atoms with E-state index in [4.69, 9.17) is 4.74 Å². The van der Waals surface area contributed by atoms with Crippen molar-refractivity contribution in [2.45, 2.75) is 11.8 Å². The molecule has 0 aliphatic carbocycles. The van der Waals surface area contributed by atoms with Gasteiger partial charge in [0.2, 0.25) is 0 Å². The zero-order chi connectivity index (χ0) is 16.2. The third kappa shape index (κ3) is 3.41. The molecule has 114 valence electrons. The highest BCUT2D eigenvalue weighted by Crippen LogP contribution is 2.17. The van der Waals surface area contributed by atoms with Crippen molar-refractivity contribution in [3.8, 4) is 17.7 Å². The van der Waals surface area contributed by atoms with Gasteiger partial charge in [0, 0.05) is 13.1 Å². The molecule has 0 atom stereocenters. The largest absolute Gasteiger partial charge is 0.495 e. The molecule has 2 aromatic rings. The van der Waals surface area contributed by atoms with E-state index in [9.17, 15) is 8.42 Å². The molecule has 2 rings (SSSR count). The van der Waals surface area contributed by atoms with E-state index in [-0.39, 0.29) is 4.90 Å². The predicted octanol–water partition coefficient (Wildman–Crippen LogP) is 2.63. The fourth-order valence-electron chi connectivity index (χ4n) is 1.82. The van der Waals surface area contributed by atoms with Crippen molar-refractivity contribution < 1.29 is 13.2 Å². The van der Waals surface area contributed by atoms with Gasteiger partial charge in [-0.15, -0.1) is 0 Å². The lowest BCUT2D eigenvalue weighted by Crippen LogP contribution is -2.22. The Labute approximate surface area is 131 Å². The summed E-state index contributed by atoms with van der Waals surface area (Å²) in [5.41, 5.74) is 1.64. The molecule has 0 saturated carbocycles. The summed E-state index contributed by atoms with van der Waals surface area (Å²) in [6.45, 7) is 1.90. The minimum atomic E-state index is -3.63. The maximum atomic E-state index is 12.4. The number of methoxy groups -OCH3 is 1. The van der Waals surface area contributed by atoms with Gasteiger partial charge in [0.15, 0.2) is 0 Å². The van der Waals surface area contributed by atoms with Crippen LogP contribution in [0.3, 0.4) is 0 Å². The van der Waals surface area contributed by atoms with Crippen molar-refractivity contribution in [1.29, 1.82) is 0 Å². The van der Waals surface area contributed by atoms with Gasteiger partial charge in [-0.2, -0.15) is 0 Å². The van der Waals surface area contributed by atoms with Crippen LogP contribution in [0.2, 0.25) is 0 Å². The molecule has 0 aliphatic heterocycles. The van der Waals surface area contributed by atoms with E-state index in [0.717, 1.165) is 9.87 Å². The number of benzene rings is 2. The van der Waals surface area contributed by atoms with Gasteiger partial charge in [-0.1, -0.05) is 29.8 Å². The van der Waals surface area contributed by atoms with Crippen LogP contribution in [0, 0.1) is 18.9 Å². The molecule has 0 aliphatic rings. The van der Waals surface area contributed by atoms with Gasteiger partial charge in [-0.25, -0.2) is 12.7 Å². The minimum absolute atomic E-state index is 0.218. The number of ether oxygens (including phenoxy) is 1. The summed E-state index contributed by atoms with van der Waals surface area (Å²) in [5.74, 6) is 3.43. The average Bonchev–Trinajstić information content (AvgIpc) is 2.53. The highest BCUT2D eigenvalue weighted by Gasteiger charge is 2.18. The van der Waals surface area contributed by atoms with Crippen LogP contribution in [0.4, 0.5) is 0 Å². The second-order valence-corrected chi connectivity index (χ2v) is 6.69. The molecular formula is C17H17NO3S. The van der Waals surface area contributed by atoms with E-state index in [2.05, 4.69) is 12.0 Å². The number of hydrogen-bond acceptors (Lipinski definition) is 3. The topological polar surface area (TPSA) is 46.6 Å². The van der Waals surface area contributed by atoms with E-state index in [0.29, 0.717) is 11.3 Å². The first-order chi connectivity index (χ1) is 10.4. The third-order valence-electron chi connectivity index (χ3n) is 3.13. The number of nitrogens with zero attached hydrogens (tertiary/aromatic N) is 1. The summed E-state index contributed by atoms with van der Waals surface area (Å²) >= 11 is 0. The lowest BCUT2D eigenvalue weighted by atomic mass is 10.2. The van der Waals surface area contributed by atoms with Gasteiger partial charge in [0.1, 0.15) is 5.75 Å². The molecule has 0 unspecified atom stereocenters. The molecule has 5 heteroatoms. The van der Waals surface area contributed by atoms with Crippen LogP contribution in [0.5, 0.6) is 5.75 Å². The van der Waals surface area contributed by atoms with Gasteiger partial charge >= 0.3 is 0 Å². The molecule has 0 bridgehead atoms. The normalized spacial score (nSPS) is 10.5. The van der Waals surface area contributed by atoms with Gasteiger partial charge in [-0.3, -0.25) is 0 Å². The van der Waals surface area contributed by atoms with Crippen molar-refractivity contribution in [2.75, 3.05) is 14.2 Å². The molecule has 0 amide bonds. The van der Waals surface area contributed by atoms with Crippen LogP contribution in [-0.4, -0.2) is 26.9 Å². The Kier molecular flexibility index (Phi) is 4.74. The quantitative estimate of drug-likeness (QED) is 0.646. The molecule has 0 fully saturated rings. The minimum Gasteiger partial charge on any atom is -0.495 e. The highest BCUT2D eigenvalue weighted by atomic mass is 32.2. The van der Waals surface area contributed by atoms with Crippen LogP contribution in [0.25, 0.3) is 0 Å². The predicted molar refractivity (Wildman–Crippen MR) is 86.0 cm³/mol. The smallest absolute Gasteiger partial charge is 0.270 e. The first-order valence-corrected chi connectivity index (χ1v) is 8.09. The molecule has 0 spiro atoms. The molecule has 0 aromatic heterocycles. The Hall–Kier alpha value is -2.45. The Morgan fingerprint density at radius 2 is 1.68 bits per heavy atom. The zero-order valence-electron chi connectivity index (χ0n) is 12.7. The summed E-state index contributed by atoms with van der Waals surface area (Å²) in [4.78, 5) is 0.218. The Morgan fingerprint density at radius 3 is 2.32 bits per heavy atom. The molecule has 0 radical (unpaired) electrons. The average molecular weight is 315 g/mol. The Morgan fingerprint density at radius 1 is 1.05 bits per heavy atom. The van der Waals surface area contributed by atoms with Crippen LogP contribution >= 0.6 is 0 Å². The monoisotopic (exact) mass is 315 g/mol. The summed E-state index contributed by atoms with van der Waals surface area (Å²) in [7, 11) is -0.649. The van der Waals surface area contributed by atoms with Gasteiger partial charge in [-0.05, 0) is 37.1 Å². The summed E-state index contributed by atoms with van der Waals surface area (Å²) in [5, 5.41) is 0. The molecule has 0 saturated heterocycles. The van der Waals surface area contributed by atoms with E-state index < -0.39 is 10.0 Å². The first kappa shape index (κ1) is 15.9. The van der Waals surface area contributed by atoms with Crippen LogP contribution < -0.4 is 4.74 Å². The Bertz CT molecular complexity index is 815. The number of rotatable bonds is 3. The molecule has 2 aromatic carbocycles. The molecular weight excluding hydrogens is 298 g/mol. The van der Waals surface area contributed by atoms with E-state index in [1.807, 2.05) is 19.1 Å². The van der Waals surface area contributed by atoms with Crippen molar-refractivity contribution in [3.63, 3.8) is 0 Å². The number of sulfonamides is 1. The number of hydrogen-bond donors (Lipinski definition) is 0. The van der Waals surface area contributed by atoms with Crippen molar-refractivity contribution in [3.05, 3.63) is 59.7 Å². The fourth-order valence-corrected chi connectivity index (χ4v) is 2.78. The van der Waals surface area contributed by atoms with Crippen molar-refractivity contribution in [1.82, 2.24) is 4.31 Å². The fraction of sp³-hybridized carbons (Fsp3) is 0.176. The zero-order valence-corrected chi connectivity index (χ0v) is 13.5. The number of para-hydroxylation sites is 1. The SMILES string of the molecule is COc1ccccc1C#CN(C)S(=O)(=O)c1ccc(C)cc1. The maximum absolute atomic E-state index is 12.4.